The number of fused-ring (bicyclic) bond motifs is 2. The van der Waals surface area contributed by atoms with Gasteiger partial charge in [-0.3, -0.25) is 0 Å². The molecule has 0 aliphatic carbocycles. The standard InChI is InChI=1S/C34H22O2/c1-3-7-23(8-4-1)25-11-15-27(16-12-25)31-20-29-19-30-21-32(36-34(30)22-33(29)35-31)28-17-13-26(14-18-28)24-9-5-2-6-10-24/h1-22H. The van der Waals surface area contributed by atoms with Gasteiger partial charge in [0.1, 0.15) is 22.7 Å². The highest BCUT2D eigenvalue weighted by Gasteiger charge is 2.12. The number of hydrogen-bond donors (Lipinski definition) is 0. The fraction of sp³-hybridized carbons (Fsp3) is 0. The molecule has 7 rings (SSSR count). The van der Waals surface area contributed by atoms with E-state index >= 15 is 0 Å². The predicted octanol–water partition coefficient (Wildman–Crippen LogP) is 9.85. The maximum Gasteiger partial charge on any atom is 0.138 e. The van der Waals surface area contributed by atoms with E-state index in [0.29, 0.717) is 0 Å². The molecule has 0 N–H and O–H groups in total. The minimum atomic E-state index is 0.824. The van der Waals surface area contributed by atoms with E-state index < -0.39 is 0 Å². The Morgan fingerprint density at radius 2 is 0.667 bits per heavy atom. The molecule has 0 saturated heterocycles. The number of rotatable bonds is 4. The molecule has 0 amide bonds. The summed E-state index contributed by atoms with van der Waals surface area (Å²) in [7, 11) is 0. The quantitative estimate of drug-likeness (QED) is 0.260. The van der Waals surface area contributed by atoms with Gasteiger partial charge >= 0.3 is 0 Å². The number of hydrogen-bond acceptors (Lipinski definition) is 2. The van der Waals surface area contributed by atoms with E-state index in [2.05, 4.69) is 115 Å². The molecule has 2 heteroatoms. The Bertz CT molecular complexity index is 1600. The summed E-state index contributed by atoms with van der Waals surface area (Å²) in [5.74, 6) is 1.71. The van der Waals surface area contributed by atoms with Crippen LogP contribution in [0.25, 0.3) is 66.8 Å². The Labute approximate surface area is 209 Å². The average Bonchev–Trinajstić information content (AvgIpc) is 3.56. The zero-order valence-electron chi connectivity index (χ0n) is 19.5. The second-order valence-electron chi connectivity index (χ2n) is 9.04. The smallest absolute Gasteiger partial charge is 0.138 e. The first kappa shape index (κ1) is 20.5. The summed E-state index contributed by atoms with van der Waals surface area (Å²) in [5, 5.41) is 2.13. The summed E-state index contributed by atoms with van der Waals surface area (Å²) in [6, 6.07) is 46.1. The molecule has 170 valence electrons. The highest BCUT2D eigenvalue weighted by molar-refractivity contribution is 5.97. The first-order valence-corrected chi connectivity index (χ1v) is 12.1. The fourth-order valence-corrected chi connectivity index (χ4v) is 4.78. The van der Waals surface area contributed by atoms with Crippen molar-refractivity contribution in [3.05, 3.63) is 133 Å². The van der Waals surface area contributed by atoms with Crippen LogP contribution in [0.5, 0.6) is 0 Å². The lowest BCUT2D eigenvalue weighted by atomic mass is 10.0. The monoisotopic (exact) mass is 462 g/mol. The third-order valence-electron chi connectivity index (χ3n) is 6.71. The van der Waals surface area contributed by atoms with E-state index in [9.17, 15) is 0 Å². The summed E-state index contributed by atoms with van der Waals surface area (Å²) < 4.78 is 12.5. The van der Waals surface area contributed by atoms with Crippen LogP contribution in [0.4, 0.5) is 0 Å². The van der Waals surface area contributed by atoms with E-state index in [1.807, 2.05) is 18.2 Å². The predicted molar refractivity (Wildman–Crippen MR) is 148 cm³/mol. The van der Waals surface area contributed by atoms with Gasteiger partial charge < -0.3 is 8.83 Å². The van der Waals surface area contributed by atoms with Gasteiger partial charge in [0, 0.05) is 28.0 Å². The van der Waals surface area contributed by atoms with Crippen molar-refractivity contribution in [1.29, 1.82) is 0 Å². The van der Waals surface area contributed by atoms with Crippen LogP contribution in [0.2, 0.25) is 0 Å². The van der Waals surface area contributed by atoms with Crippen LogP contribution >= 0.6 is 0 Å². The molecular weight excluding hydrogens is 440 g/mol. The maximum absolute atomic E-state index is 6.23. The third kappa shape index (κ3) is 3.70. The van der Waals surface area contributed by atoms with Crippen molar-refractivity contribution in [2.24, 2.45) is 0 Å². The summed E-state index contributed by atoms with van der Waals surface area (Å²) in [4.78, 5) is 0. The van der Waals surface area contributed by atoms with Crippen LogP contribution in [0, 0.1) is 0 Å². The lowest BCUT2D eigenvalue weighted by molar-refractivity contribution is 0.620. The molecule has 0 aliphatic heterocycles. The molecular formula is C34H22O2. The second-order valence-corrected chi connectivity index (χ2v) is 9.04. The summed E-state index contributed by atoms with van der Waals surface area (Å²) in [6.07, 6.45) is 0. The Hall–Kier alpha value is -4.82. The molecule has 5 aromatic carbocycles. The van der Waals surface area contributed by atoms with E-state index in [4.69, 9.17) is 8.83 Å². The molecule has 7 aromatic rings. The molecule has 0 bridgehead atoms. The van der Waals surface area contributed by atoms with Crippen LogP contribution < -0.4 is 0 Å². The largest absolute Gasteiger partial charge is 0.456 e. The van der Waals surface area contributed by atoms with E-state index in [0.717, 1.165) is 44.6 Å². The summed E-state index contributed by atoms with van der Waals surface area (Å²) in [6.45, 7) is 0. The minimum Gasteiger partial charge on any atom is -0.456 e. The summed E-state index contributed by atoms with van der Waals surface area (Å²) in [5.41, 5.74) is 8.56. The molecule has 0 aliphatic rings. The second kappa shape index (κ2) is 8.44. The Kier molecular flexibility index (Phi) is 4.82. The van der Waals surface area contributed by atoms with Crippen molar-refractivity contribution in [2.45, 2.75) is 0 Å². The van der Waals surface area contributed by atoms with Gasteiger partial charge in [-0.25, -0.2) is 0 Å². The van der Waals surface area contributed by atoms with Crippen LogP contribution in [-0.4, -0.2) is 0 Å². The van der Waals surface area contributed by atoms with Crippen molar-refractivity contribution in [3.8, 4) is 44.9 Å². The highest BCUT2D eigenvalue weighted by Crippen LogP contribution is 2.35. The fourth-order valence-electron chi connectivity index (χ4n) is 4.78. The molecule has 36 heavy (non-hydrogen) atoms. The molecule has 2 heterocycles. The van der Waals surface area contributed by atoms with Gasteiger partial charge in [0.05, 0.1) is 0 Å². The number of furan rings is 2. The van der Waals surface area contributed by atoms with Crippen molar-refractivity contribution in [1.82, 2.24) is 0 Å². The summed E-state index contributed by atoms with van der Waals surface area (Å²) >= 11 is 0. The maximum atomic E-state index is 6.23. The normalized spacial score (nSPS) is 11.3. The van der Waals surface area contributed by atoms with Gasteiger partial charge in [0.15, 0.2) is 0 Å². The first-order valence-electron chi connectivity index (χ1n) is 12.1. The highest BCUT2D eigenvalue weighted by atomic mass is 16.3. The first-order chi connectivity index (χ1) is 17.8. The average molecular weight is 463 g/mol. The van der Waals surface area contributed by atoms with Crippen molar-refractivity contribution >= 4 is 21.9 Å². The van der Waals surface area contributed by atoms with Gasteiger partial charge in [-0.15, -0.1) is 0 Å². The molecule has 0 atom stereocenters. The molecule has 0 spiro atoms. The third-order valence-corrected chi connectivity index (χ3v) is 6.71. The van der Waals surface area contributed by atoms with Crippen LogP contribution in [0.3, 0.4) is 0 Å². The SMILES string of the molecule is c1ccc(-c2ccc(-c3cc4cc5cc(-c6ccc(-c7ccccc7)cc6)oc5cc4o3)cc2)cc1. The Morgan fingerprint density at radius 3 is 1.08 bits per heavy atom. The van der Waals surface area contributed by atoms with Crippen LogP contribution in [0.15, 0.2) is 142 Å². The van der Waals surface area contributed by atoms with Gasteiger partial charge in [-0.1, -0.05) is 109 Å². The van der Waals surface area contributed by atoms with Crippen molar-refractivity contribution < 1.29 is 8.83 Å². The van der Waals surface area contributed by atoms with Gasteiger partial charge in [-0.05, 0) is 40.5 Å². The molecule has 0 saturated carbocycles. The van der Waals surface area contributed by atoms with E-state index in [1.165, 1.54) is 22.3 Å². The molecule has 0 fully saturated rings. The van der Waals surface area contributed by atoms with Gasteiger partial charge in [-0.2, -0.15) is 0 Å². The lowest BCUT2D eigenvalue weighted by Crippen LogP contribution is -1.78. The topological polar surface area (TPSA) is 26.3 Å². The molecule has 2 aromatic heterocycles. The molecule has 0 unspecified atom stereocenters. The lowest BCUT2D eigenvalue weighted by Gasteiger charge is -2.02. The number of benzene rings is 5. The van der Waals surface area contributed by atoms with Gasteiger partial charge in [0.25, 0.3) is 0 Å². The zero-order chi connectivity index (χ0) is 23.9. The van der Waals surface area contributed by atoms with Crippen molar-refractivity contribution in [2.75, 3.05) is 0 Å². The molecule has 0 radical (unpaired) electrons. The van der Waals surface area contributed by atoms with E-state index in [-0.39, 0.29) is 0 Å². The van der Waals surface area contributed by atoms with E-state index in [1.54, 1.807) is 0 Å². The van der Waals surface area contributed by atoms with Gasteiger partial charge in [0.2, 0.25) is 0 Å². The molecule has 2 nitrogen and oxygen atoms in total. The van der Waals surface area contributed by atoms with Crippen molar-refractivity contribution in [3.63, 3.8) is 0 Å². The minimum absolute atomic E-state index is 0.824. The Balaban J connectivity index is 1.19. The van der Waals surface area contributed by atoms with Crippen LogP contribution in [0.1, 0.15) is 0 Å². The zero-order valence-corrected chi connectivity index (χ0v) is 19.5. The Morgan fingerprint density at radius 1 is 0.306 bits per heavy atom. The van der Waals surface area contributed by atoms with Crippen LogP contribution in [-0.2, 0) is 0 Å².